The van der Waals surface area contributed by atoms with Gasteiger partial charge >= 0.3 is 0 Å². The second kappa shape index (κ2) is 14.4. The second-order valence-electron chi connectivity index (χ2n) is 14.7. The fourth-order valence-corrected chi connectivity index (χ4v) is 9.10. The van der Waals surface area contributed by atoms with E-state index in [2.05, 4.69) is 243 Å². The summed E-state index contributed by atoms with van der Waals surface area (Å²) in [5, 5.41) is 5.55. The van der Waals surface area contributed by atoms with Crippen LogP contribution < -0.4 is 9.80 Å². The topological polar surface area (TPSA) is 16.3 Å². The Morgan fingerprint density at radius 1 is 0.288 bits per heavy atom. The molecule has 4 nitrogen and oxygen atoms in total. The molecule has 9 aromatic carbocycles. The monoisotopic (exact) mass is 776 g/mol. The van der Waals surface area contributed by atoms with Crippen LogP contribution in [0.5, 0.6) is 0 Å². The third kappa shape index (κ3) is 5.84. The molecular weight excluding hydrogens is 740 g/mol. The van der Waals surface area contributed by atoms with Gasteiger partial charge in [0.05, 0.1) is 38.5 Å². The van der Waals surface area contributed by atoms with Gasteiger partial charge in [0.1, 0.15) is 0 Å². The molecule has 2 aromatic heterocycles. The molecule has 0 spiro atoms. The van der Waals surface area contributed by atoms with Crippen molar-refractivity contribution >= 4 is 89.3 Å². The van der Waals surface area contributed by atoms with Gasteiger partial charge in [0.2, 0.25) is 0 Å². The molecule has 11 aromatic rings. The minimum atomic E-state index is 0.629. The van der Waals surface area contributed by atoms with Gasteiger partial charge in [0, 0.05) is 55.7 Å². The first-order valence-corrected chi connectivity index (χ1v) is 20.3. The Morgan fingerprint density at radius 3 is 0.966 bits per heavy atom. The molecule has 11 rings (SSSR count). The molecule has 0 aliphatic carbocycles. The van der Waals surface area contributed by atoms with E-state index in [4.69, 9.17) is 11.6 Å². The summed E-state index contributed by atoms with van der Waals surface area (Å²) in [6.07, 6.45) is 0. The average Bonchev–Trinajstić information content (AvgIpc) is 3.82. The molecule has 0 N–H and O–H groups in total. The predicted octanol–water partition coefficient (Wildman–Crippen LogP) is 15.5. The number of nitrogens with zero attached hydrogens (tertiary/aromatic N) is 4. The number of rotatable bonds is 8. The van der Waals surface area contributed by atoms with Crippen molar-refractivity contribution in [2.24, 2.45) is 0 Å². The fourth-order valence-electron chi connectivity index (χ4n) is 8.81. The highest BCUT2D eigenvalue weighted by Crippen LogP contribution is 2.47. The third-order valence-corrected chi connectivity index (χ3v) is 11.7. The van der Waals surface area contributed by atoms with Crippen molar-refractivity contribution in [3.8, 4) is 11.4 Å². The Kier molecular flexibility index (Phi) is 8.49. The molecule has 0 saturated heterocycles. The van der Waals surface area contributed by atoms with E-state index in [-0.39, 0.29) is 0 Å². The third-order valence-electron chi connectivity index (χ3n) is 11.3. The second-order valence-corrected chi connectivity index (χ2v) is 15.1. The van der Waals surface area contributed by atoms with Crippen molar-refractivity contribution in [1.29, 1.82) is 0 Å². The van der Waals surface area contributed by atoms with Crippen molar-refractivity contribution in [2.75, 3.05) is 9.80 Å². The lowest BCUT2D eigenvalue weighted by Crippen LogP contribution is -2.14. The Morgan fingerprint density at radius 2 is 0.593 bits per heavy atom. The molecular formula is C54H37ClN4. The lowest BCUT2D eigenvalue weighted by Gasteiger charge is -2.31. The Bertz CT molecular complexity index is 2990. The molecule has 2 heterocycles. The van der Waals surface area contributed by atoms with Crippen molar-refractivity contribution in [2.45, 2.75) is 0 Å². The summed E-state index contributed by atoms with van der Waals surface area (Å²) in [4.78, 5) is 4.53. The van der Waals surface area contributed by atoms with Crippen LogP contribution in [0.15, 0.2) is 224 Å². The highest BCUT2D eigenvalue weighted by atomic mass is 35.5. The van der Waals surface area contributed by atoms with E-state index >= 15 is 0 Å². The smallest absolute Gasteiger partial charge is 0.0887 e. The molecule has 280 valence electrons. The number of anilines is 6. The van der Waals surface area contributed by atoms with Gasteiger partial charge in [-0.05, 0) is 97.1 Å². The number of fused-ring (bicyclic) bond motifs is 6. The fraction of sp³-hybridized carbons (Fsp3) is 0. The van der Waals surface area contributed by atoms with Gasteiger partial charge in [-0.15, -0.1) is 0 Å². The van der Waals surface area contributed by atoms with Gasteiger partial charge in [0.15, 0.2) is 0 Å². The first-order valence-electron chi connectivity index (χ1n) is 19.9. The summed E-state index contributed by atoms with van der Waals surface area (Å²) in [7, 11) is 0. The van der Waals surface area contributed by atoms with Crippen LogP contribution in [-0.4, -0.2) is 9.13 Å². The van der Waals surface area contributed by atoms with Crippen LogP contribution in [0, 0.1) is 0 Å². The van der Waals surface area contributed by atoms with Gasteiger partial charge < -0.3 is 18.9 Å². The summed E-state index contributed by atoms with van der Waals surface area (Å²) in [6.45, 7) is 0. The molecule has 0 fully saturated rings. The molecule has 0 aliphatic heterocycles. The van der Waals surface area contributed by atoms with Crippen LogP contribution in [0.2, 0.25) is 5.02 Å². The van der Waals surface area contributed by atoms with E-state index in [1.165, 1.54) is 43.6 Å². The molecule has 0 saturated carbocycles. The van der Waals surface area contributed by atoms with E-state index in [0.717, 1.165) is 45.5 Å². The number of para-hydroxylation sites is 6. The maximum atomic E-state index is 7.80. The van der Waals surface area contributed by atoms with Crippen molar-refractivity contribution in [3.05, 3.63) is 229 Å². The van der Waals surface area contributed by atoms with Crippen LogP contribution in [0.4, 0.5) is 34.1 Å². The number of halogens is 1. The summed E-state index contributed by atoms with van der Waals surface area (Å²) < 4.78 is 4.72. The van der Waals surface area contributed by atoms with E-state index in [0.29, 0.717) is 5.02 Å². The summed E-state index contributed by atoms with van der Waals surface area (Å²) >= 11 is 7.80. The zero-order chi connectivity index (χ0) is 39.3. The SMILES string of the molecule is Clc1c(N(c2ccccc2)c2cccc(-n3c4ccccc4c4ccccc43)c2)cccc1N(c1ccccc1)c1cccc(-n2c3ccccc3c3ccccc32)c1. The van der Waals surface area contributed by atoms with E-state index in [1.807, 2.05) is 0 Å². The standard InChI is InChI=1S/C54H37ClN4/c55-54-52(56(38-18-3-1-4-19-38)40-22-15-24-42(36-40)58-48-30-11-7-26-44(48)45-27-8-12-31-49(45)58)34-17-35-53(54)57(39-20-5-2-6-21-39)41-23-16-25-43(37-41)59-50-32-13-9-28-46(50)47-29-10-14-33-51(47)59/h1-37H. The molecule has 0 aliphatic rings. The summed E-state index contributed by atoms with van der Waals surface area (Å²) in [5.41, 5.74) is 12.5. The van der Waals surface area contributed by atoms with Gasteiger partial charge in [-0.1, -0.05) is 139 Å². The van der Waals surface area contributed by atoms with Crippen molar-refractivity contribution in [1.82, 2.24) is 9.13 Å². The number of hydrogen-bond donors (Lipinski definition) is 0. The molecule has 0 radical (unpaired) electrons. The molecule has 0 atom stereocenters. The molecule has 5 heteroatoms. The number of hydrogen-bond acceptors (Lipinski definition) is 2. The summed E-state index contributed by atoms with van der Waals surface area (Å²) in [6, 6.07) is 79.3. The summed E-state index contributed by atoms with van der Waals surface area (Å²) in [5.74, 6) is 0. The maximum Gasteiger partial charge on any atom is 0.0887 e. The number of aromatic nitrogens is 2. The lowest BCUT2D eigenvalue weighted by atomic mass is 10.1. The van der Waals surface area contributed by atoms with Gasteiger partial charge in [-0.3, -0.25) is 0 Å². The molecule has 0 unspecified atom stereocenters. The van der Waals surface area contributed by atoms with Gasteiger partial charge in [0.25, 0.3) is 0 Å². The minimum absolute atomic E-state index is 0.629. The van der Waals surface area contributed by atoms with Crippen molar-refractivity contribution < 1.29 is 0 Å². The highest BCUT2D eigenvalue weighted by molar-refractivity contribution is 6.36. The largest absolute Gasteiger partial charge is 0.309 e. The lowest BCUT2D eigenvalue weighted by molar-refractivity contribution is 1.16. The first-order chi connectivity index (χ1) is 29.2. The van der Waals surface area contributed by atoms with Crippen LogP contribution in [0.25, 0.3) is 55.0 Å². The highest BCUT2D eigenvalue weighted by Gasteiger charge is 2.24. The quantitative estimate of drug-likeness (QED) is 0.153. The zero-order valence-electron chi connectivity index (χ0n) is 32.0. The predicted molar refractivity (Wildman–Crippen MR) is 249 cm³/mol. The minimum Gasteiger partial charge on any atom is -0.309 e. The van der Waals surface area contributed by atoms with E-state index in [9.17, 15) is 0 Å². The Labute approximate surface area is 347 Å². The number of benzene rings is 9. The molecule has 0 bridgehead atoms. The van der Waals surface area contributed by atoms with Crippen LogP contribution in [0.1, 0.15) is 0 Å². The zero-order valence-corrected chi connectivity index (χ0v) is 32.8. The van der Waals surface area contributed by atoms with E-state index < -0.39 is 0 Å². The van der Waals surface area contributed by atoms with Crippen LogP contribution in [0.3, 0.4) is 0 Å². The Balaban J connectivity index is 1.09. The van der Waals surface area contributed by atoms with E-state index in [1.54, 1.807) is 0 Å². The average molecular weight is 777 g/mol. The van der Waals surface area contributed by atoms with Gasteiger partial charge in [-0.2, -0.15) is 0 Å². The van der Waals surface area contributed by atoms with Crippen LogP contribution >= 0.6 is 11.6 Å². The van der Waals surface area contributed by atoms with Gasteiger partial charge in [-0.25, -0.2) is 0 Å². The first kappa shape index (κ1) is 34.7. The Hall–Kier alpha value is -7.53. The molecule has 59 heavy (non-hydrogen) atoms. The normalized spacial score (nSPS) is 11.5. The van der Waals surface area contributed by atoms with Crippen molar-refractivity contribution in [3.63, 3.8) is 0 Å². The molecule has 0 amide bonds. The van der Waals surface area contributed by atoms with Crippen LogP contribution in [-0.2, 0) is 0 Å². The maximum absolute atomic E-state index is 7.80.